The van der Waals surface area contributed by atoms with Gasteiger partial charge in [-0.3, -0.25) is 4.79 Å². The highest BCUT2D eigenvalue weighted by atomic mass is 16.5. The van der Waals surface area contributed by atoms with E-state index >= 15 is 0 Å². The van der Waals surface area contributed by atoms with E-state index in [0.29, 0.717) is 37.8 Å². The quantitative estimate of drug-likeness (QED) is 0.774. The molecule has 2 amide bonds. The van der Waals surface area contributed by atoms with E-state index in [9.17, 15) is 9.59 Å². The van der Waals surface area contributed by atoms with Crippen molar-refractivity contribution >= 4 is 12.0 Å². The third-order valence-corrected chi connectivity index (χ3v) is 3.87. The summed E-state index contributed by atoms with van der Waals surface area (Å²) in [6, 6.07) is -0.160. The Kier molecular flexibility index (Phi) is 5.95. The Morgan fingerprint density at radius 3 is 2.91 bits per heavy atom. The molecule has 0 spiro atoms. The van der Waals surface area contributed by atoms with Gasteiger partial charge in [0.05, 0.1) is 0 Å². The number of aliphatic carboxylic acids is 1. The molecule has 2 N–H and O–H groups in total. The Morgan fingerprint density at radius 1 is 1.48 bits per heavy atom. The van der Waals surface area contributed by atoms with Crippen molar-refractivity contribution in [1.29, 1.82) is 0 Å². The third-order valence-electron chi connectivity index (χ3n) is 3.87. The number of hydrogen-bond donors (Lipinski definition) is 2. The Labute approximate surface area is 135 Å². The molecule has 1 atom stereocenters. The van der Waals surface area contributed by atoms with Crippen molar-refractivity contribution < 1.29 is 19.2 Å². The minimum atomic E-state index is -0.852. The van der Waals surface area contributed by atoms with Gasteiger partial charge in [-0.1, -0.05) is 19.0 Å². The lowest BCUT2D eigenvalue weighted by molar-refractivity contribution is -0.137. The summed E-state index contributed by atoms with van der Waals surface area (Å²) < 4.78 is 5.24. The van der Waals surface area contributed by atoms with Gasteiger partial charge < -0.3 is 19.8 Å². The van der Waals surface area contributed by atoms with Crippen LogP contribution in [0.25, 0.3) is 0 Å². The SMILES string of the molecule is CC(C)c1nc(C2CCCN(C(=O)NCCCC(=O)O)C2)no1. The topological polar surface area (TPSA) is 109 Å². The Bertz CT molecular complexity index is 543. The normalized spacial score (nSPS) is 18.2. The first-order valence-electron chi connectivity index (χ1n) is 8.05. The molecule has 0 bridgehead atoms. The van der Waals surface area contributed by atoms with Gasteiger partial charge in [0.2, 0.25) is 5.89 Å². The van der Waals surface area contributed by atoms with Crippen LogP contribution in [0.2, 0.25) is 0 Å². The lowest BCUT2D eigenvalue weighted by Crippen LogP contribution is -2.45. The largest absolute Gasteiger partial charge is 0.481 e. The smallest absolute Gasteiger partial charge is 0.317 e. The molecule has 1 aliphatic rings. The number of rotatable bonds is 6. The lowest BCUT2D eigenvalue weighted by atomic mass is 9.97. The first-order chi connectivity index (χ1) is 11.0. The van der Waals surface area contributed by atoms with Gasteiger partial charge in [-0.25, -0.2) is 4.79 Å². The maximum Gasteiger partial charge on any atom is 0.317 e. The number of nitrogens with one attached hydrogen (secondary N) is 1. The second kappa shape index (κ2) is 7.94. The fourth-order valence-corrected chi connectivity index (χ4v) is 2.57. The average Bonchev–Trinajstić information content (AvgIpc) is 3.01. The van der Waals surface area contributed by atoms with Crippen LogP contribution < -0.4 is 5.32 Å². The van der Waals surface area contributed by atoms with E-state index in [4.69, 9.17) is 9.63 Å². The molecule has 1 aliphatic heterocycles. The van der Waals surface area contributed by atoms with Crippen molar-refractivity contribution in [3.05, 3.63) is 11.7 Å². The molecule has 1 saturated heterocycles. The predicted molar refractivity (Wildman–Crippen MR) is 82.2 cm³/mol. The van der Waals surface area contributed by atoms with Crippen LogP contribution in [0.4, 0.5) is 4.79 Å². The molecule has 1 unspecified atom stereocenters. The number of piperidine rings is 1. The van der Waals surface area contributed by atoms with Gasteiger partial charge >= 0.3 is 12.0 Å². The highest BCUT2D eigenvalue weighted by Gasteiger charge is 2.28. The molecule has 1 aromatic rings. The molecule has 1 fully saturated rings. The molecule has 2 rings (SSSR count). The summed E-state index contributed by atoms with van der Waals surface area (Å²) in [4.78, 5) is 28.7. The summed E-state index contributed by atoms with van der Waals surface area (Å²) in [5.74, 6) is 0.709. The molecule has 8 heteroatoms. The minimum absolute atomic E-state index is 0.0593. The molecule has 0 saturated carbocycles. The van der Waals surface area contributed by atoms with Crippen molar-refractivity contribution in [2.24, 2.45) is 0 Å². The molecule has 0 aliphatic carbocycles. The van der Waals surface area contributed by atoms with Crippen molar-refractivity contribution in [1.82, 2.24) is 20.4 Å². The number of carbonyl (C=O) groups is 2. The highest BCUT2D eigenvalue weighted by molar-refractivity contribution is 5.74. The zero-order valence-electron chi connectivity index (χ0n) is 13.6. The van der Waals surface area contributed by atoms with E-state index in [0.717, 1.165) is 12.8 Å². The van der Waals surface area contributed by atoms with E-state index in [1.54, 1.807) is 4.90 Å². The van der Waals surface area contributed by atoms with Crippen LogP contribution in [0.5, 0.6) is 0 Å². The molecule has 8 nitrogen and oxygen atoms in total. The first-order valence-corrected chi connectivity index (χ1v) is 8.05. The molecule has 0 radical (unpaired) electrons. The van der Waals surface area contributed by atoms with Gasteiger partial charge in [0, 0.05) is 37.9 Å². The maximum absolute atomic E-state index is 12.1. The average molecular weight is 324 g/mol. The number of aromatic nitrogens is 2. The number of carboxylic acids is 1. The monoisotopic (exact) mass is 324 g/mol. The molecule has 128 valence electrons. The second-order valence-corrected chi connectivity index (χ2v) is 6.16. The molecule has 2 heterocycles. The number of carbonyl (C=O) groups excluding carboxylic acids is 1. The number of carboxylic acid groups (broad SMARTS) is 1. The number of amides is 2. The zero-order chi connectivity index (χ0) is 16.8. The molecular weight excluding hydrogens is 300 g/mol. The van der Waals surface area contributed by atoms with Gasteiger partial charge in [0.1, 0.15) is 0 Å². The number of nitrogens with zero attached hydrogens (tertiary/aromatic N) is 3. The Hall–Kier alpha value is -2.12. The van der Waals surface area contributed by atoms with Crippen LogP contribution in [0.15, 0.2) is 4.52 Å². The highest BCUT2D eigenvalue weighted by Crippen LogP contribution is 2.26. The fraction of sp³-hybridized carbons (Fsp3) is 0.733. The predicted octanol–water partition coefficient (Wildman–Crippen LogP) is 1.95. The maximum atomic E-state index is 12.1. The van der Waals surface area contributed by atoms with Crippen LogP contribution in [-0.4, -0.2) is 51.8 Å². The van der Waals surface area contributed by atoms with Crippen molar-refractivity contribution in [2.45, 2.75) is 51.4 Å². The summed E-state index contributed by atoms with van der Waals surface area (Å²) >= 11 is 0. The number of urea groups is 1. The van der Waals surface area contributed by atoms with Crippen LogP contribution in [0.1, 0.15) is 63.1 Å². The van der Waals surface area contributed by atoms with Crippen molar-refractivity contribution in [3.63, 3.8) is 0 Å². The molecule has 1 aromatic heterocycles. The minimum Gasteiger partial charge on any atom is -0.481 e. The lowest BCUT2D eigenvalue weighted by Gasteiger charge is -2.31. The third kappa shape index (κ3) is 4.94. The summed E-state index contributed by atoms with van der Waals surface area (Å²) in [7, 11) is 0. The van der Waals surface area contributed by atoms with E-state index < -0.39 is 5.97 Å². The van der Waals surface area contributed by atoms with Gasteiger partial charge in [-0.2, -0.15) is 4.98 Å². The molecule has 0 aromatic carbocycles. The van der Waals surface area contributed by atoms with Crippen LogP contribution in [-0.2, 0) is 4.79 Å². The number of likely N-dealkylation sites (tertiary alicyclic amines) is 1. The van der Waals surface area contributed by atoms with Gasteiger partial charge in [0.15, 0.2) is 5.82 Å². The van der Waals surface area contributed by atoms with Crippen LogP contribution >= 0.6 is 0 Å². The van der Waals surface area contributed by atoms with Crippen molar-refractivity contribution in [2.75, 3.05) is 19.6 Å². The van der Waals surface area contributed by atoms with E-state index in [1.165, 1.54) is 0 Å². The molecule has 23 heavy (non-hydrogen) atoms. The van der Waals surface area contributed by atoms with Crippen LogP contribution in [0.3, 0.4) is 0 Å². The number of hydrogen-bond acceptors (Lipinski definition) is 5. The summed E-state index contributed by atoms with van der Waals surface area (Å²) in [6.07, 6.45) is 2.31. The fourth-order valence-electron chi connectivity index (χ4n) is 2.57. The first kappa shape index (κ1) is 17.2. The summed E-state index contributed by atoms with van der Waals surface area (Å²) in [5.41, 5.74) is 0. The standard InChI is InChI=1S/C15H24N4O4/c1-10(2)14-17-13(18-23-14)11-5-4-8-19(9-11)15(22)16-7-3-6-12(20)21/h10-11H,3-9H2,1-2H3,(H,16,22)(H,20,21). The Morgan fingerprint density at radius 2 is 2.26 bits per heavy atom. The second-order valence-electron chi connectivity index (χ2n) is 6.16. The van der Waals surface area contributed by atoms with Crippen molar-refractivity contribution in [3.8, 4) is 0 Å². The van der Waals surface area contributed by atoms with E-state index in [1.807, 2.05) is 13.8 Å². The summed E-state index contributed by atoms with van der Waals surface area (Å²) in [6.45, 7) is 5.61. The van der Waals surface area contributed by atoms with Crippen LogP contribution in [0, 0.1) is 0 Å². The van der Waals surface area contributed by atoms with E-state index in [-0.39, 0.29) is 24.3 Å². The summed E-state index contributed by atoms with van der Waals surface area (Å²) in [5, 5.41) is 15.4. The van der Waals surface area contributed by atoms with E-state index in [2.05, 4.69) is 15.5 Å². The van der Waals surface area contributed by atoms with Gasteiger partial charge in [0.25, 0.3) is 0 Å². The molecular formula is C15H24N4O4. The zero-order valence-corrected chi connectivity index (χ0v) is 13.6. The Balaban J connectivity index is 1.84. The van der Waals surface area contributed by atoms with Gasteiger partial charge in [-0.15, -0.1) is 0 Å². The van der Waals surface area contributed by atoms with Gasteiger partial charge in [-0.05, 0) is 19.3 Å².